The van der Waals surface area contributed by atoms with Crippen LogP contribution in [0.5, 0.6) is 0 Å². The Hall–Kier alpha value is -0.940. The van der Waals surface area contributed by atoms with Gasteiger partial charge in [-0.05, 0) is 12.8 Å². The highest BCUT2D eigenvalue weighted by molar-refractivity contribution is 5.80. The Morgan fingerprint density at radius 1 is 1.18 bits per heavy atom. The summed E-state index contributed by atoms with van der Waals surface area (Å²) < 4.78 is 0.165. The molecule has 0 saturated heterocycles. The number of aliphatic hydroxyl groups is 1. The Kier molecular flexibility index (Phi) is 8.64. The van der Waals surface area contributed by atoms with Crippen LogP contribution in [-0.4, -0.2) is 52.4 Å². The van der Waals surface area contributed by atoms with E-state index in [1.165, 1.54) is 25.7 Å². The second-order valence-electron chi connectivity index (χ2n) is 6.39. The molecule has 0 saturated carbocycles. The van der Waals surface area contributed by atoms with E-state index in [0.29, 0.717) is 19.5 Å². The Morgan fingerprint density at radius 3 is 2.50 bits per heavy atom. The van der Waals surface area contributed by atoms with E-state index in [1.807, 2.05) is 6.92 Å². The number of nitrogens with zero attached hydrogens (tertiary/aromatic N) is 2. The highest BCUT2D eigenvalue weighted by atomic mass is 16.4. The number of amidine groups is 1. The maximum Gasteiger partial charge on any atom is 0.359 e. The average molecular weight is 313 g/mol. The molecule has 5 heteroatoms. The van der Waals surface area contributed by atoms with Gasteiger partial charge in [-0.3, -0.25) is 0 Å². The van der Waals surface area contributed by atoms with Crippen LogP contribution in [0.3, 0.4) is 0 Å². The second-order valence-corrected chi connectivity index (χ2v) is 6.39. The molecule has 1 heterocycles. The molecule has 1 aliphatic heterocycles. The lowest BCUT2D eigenvalue weighted by molar-refractivity contribution is -0.880. The molecule has 0 aliphatic carbocycles. The van der Waals surface area contributed by atoms with Gasteiger partial charge in [-0.25, -0.2) is 14.3 Å². The quantitative estimate of drug-likeness (QED) is 0.429. The summed E-state index contributed by atoms with van der Waals surface area (Å²) in [7, 11) is 0. The molecular weight excluding hydrogens is 280 g/mol. The van der Waals surface area contributed by atoms with E-state index in [0.717, 1.165) is 31.5 Å². The first-order valence-electron chi connectivity index (χ1n) is 8.87. The lowest BCUT2D eigenvalue weighted by Gasteiger charge is -2.37. The van der Waals surface area contributed by atoms with E-state index in [-0.39, 0.29) is 11.0 Å². The Labute approximate surface area is 134 Å². The Morgan fingerprint density at radius 2 is 1.86 bits per heavy atom. The summed E-state index contributed by atoms with van der Waals surface area (Å²) in [5.74, 6) is 0.0477. The number of hydrogen-bond donors (Lipinski definition) is 2. The summed E-state index contributed by atoms with van der Waals surface area (Å²) in [4.78, 5) is 15.8. The van der Waals surface area contributed by atoms with Crippen molar-refractivity contribution in [1.29, 1.82) is 0 Å². The van der Waals surface area contributed by atoms with Gasteiger partial charge >= 0.3 is 5.97 Å². The van der Waals surface area contributed by atoms with Gasteiger partial charge in [0.25, 0.3) is 0 Å². The number of rotatable bonds is 12. The van der Waals surface area contributed by atoms with E-state index in [2.05, 4.69) is 11.9 Å². The predicted octanol–water partition coefficient (Wildman–Crippen LogP) is 3.17. The minimum absolute atomic E-state index is 0.0458. The van der Waals surface area contributed by atoms with Crippen LogP contribution in [0.4, 0.5) is 0 Å². The monoisotopic (exact) mass is 313 g/mol. The van der Waals surface area contributed by atoms with E-state index >= 15 is 0 Å². The van der Waals surface area contributed by atoms with E-state index in [1.54, 1.807) is 0 Å². The molecule has 0 fully saturated rings. The summed E-state index contributed by atoms with van der Waals surface area (Å²) in [5.41, 5.74) is 0. The highest BCUT2D eigenvalue weighted by Crippen LogP contribution is 2.25. The van der Waals surface area contributed by atoms with Gasteiger partial charge in [-0.15, -0.1) is 0 Å². The van der Waals surface area contributed by atoms with Crippen molar-refractivity contribution in [3.05, 3.63) is 0 Å². The Bertz CT molecular complexity index is 371. The minimum Gasteiger partial charge on any atom is -0.477 e. The summed E-state index contributed by atoms with van der Waals surface area (Å²) in [5, 5.41) is 19.8. The third-order valence-corrected chi connectivity index (χ3v) is 4.60. The minimum atomic E-state index is -0.854. The first kappa shape index (κ1) is 19.1. The molecule has 1 aliphatic rings. The Balaban J connectivity index is 2.59. The van der Waals surface area contributed by atoms with Crippen molar-refractivity contribution in [2.24, 2.45) is 4.99 Å². The topological polar surface area (TPSA) is 69.9 Å². The molecule has 0 spiro atoms. The number of aliphatic hydroxyl groups excluding tert-OH is 1. The number of carboxylic acid groups (broad SMARTS) is 1. The normalized spacial score (nSPS) is 22.6. The summed E-state index contributed by atoms with van der Waals surface area (Å²) >= 11 is 0. The zero-order chi connectivity index (χ0) is 16.4. The van der Waals surface area contributed by atoms with Crippen LogP contribution in [-0.2, 0) is 4.79 Å². The standard InChI is InChI=1S/C17H32N2O3/c1-3-5-6-7-8-9-11-15-18-12-13-19(15,14-17(21)22)16(20)10-4-2/h16,20H,3-14H2,1-2H3/p+1. The average Bonchev–Trinajstić information content (AvgIpc) is 2.86. The fourth-order valence-electron chi connectivity index (χ4n) is 3.34. The molecule has 2 atom stereocenters. The number of quaternary nitrogens is 1. The van der Waals surface area contributed by atoms with Gasteiger partial charge < -0.3 is 10.2 Å². The lowest BCUT2D eigenvalue weighted by atomic mass is 10.1. The van der Waals surface area contributed by atoms with Crippen LogP contribution in [0.15, 0.2) is 4.99 Å². The first-order chi connectivity index (χ1) is 10.6. The lowest BCUT2D eigenvalue weighted by Crippen LogP contribution is -2.60. The summed E-state index contributed by atoms with van der Waals surface area (Å²) in [6.45, 7) is 5.44. The van der Waals surface area contributed by atoms with Crippen molar-refractivity contribution >= 4 is 11.8 Å². The van der Waals surface area contributed by atoms with E-state index in [9.17, 15) is 15.0 Å². The molecule has 2 unspecified atom stereocenters. The summed E-state index contributed by atoms with van der Waals surface area (Å²) in [6, 6.07) is 0. The third-order valence-electron chi connectivity index (χ3n) is 4.60. The predicted molar refractivity (Wildman–Crippen MR) is 88.8 cm³/mol. The molecular formula is C17H33N2O3+. The SMILES string of the molecule is CCCCCCCCC1=NCC[N+]1(CC(=O)O)C(O)CCC. The van der Waals surface area contributed by atoms with Gasteiger partial charge in [0.05, 0.1) is 6.54 Å². The summed E-state index contributed by atoms with van der Waals surface area (Å²) in [6.07, 6.45) is 8.91. The smallest absolute Gasteiger partial charge is 0.359 e. The van der Waals surface area contributed by atoms with Crippen molar-refractivity contribution < 1.29 is 19.5 Å². The molecule has 0 aromatic carbocycles. The molecule has 22 heavy (non-hydrogen) atoms. The number of aliphatic carboxylic acids is 1. The van der Waals surface area contributed by atoms with Crippen molar-refractivity contribution in [2.75, 3.05) is 19.6 Å². The fourth-order valence-corrected chi connectivity index (χ4v) is 3.34. The van der Waals surface area contributed by atoms with Crippen LogP contribution >= 0.6 is 0 Å². The molecule has 0 aromatic rings. The second kappa shape index (κ2) is 9.95. The third kappa shape index (κ3) is 5.36. The van der Waals surface area contributed by atoms with Gasteiger partial charge in [0.15, 0.2) is 12.8 Å². The number of carboxylic acids is 1. The van der Waals surface area contributed by atoms with Crippen LogP contribution in [0.25, 0.3) is 0 Å². The molecule has 0 amide bonds. The fraction of sp³-hybridized carbons (Fsp3) is 0.882. The zero-order valence-electron chi connectivity index (χ0n) is 14.3. The van der Waals surface area contributed by atoms with Crippen LogP contribution in [0, 0.1) is 0 Å². The van der Waals surface area contributed by atoms with Gasteiger partial charge in [-0.1, -0.05) is 46.0 Å². The van der Waals surface area contributed by atoms with E-state index < -0.39 is 12.2 Å². The molecule has 0 bridgehead atoms. The molecule has 2 N–H and O–H groups in total. The van der Waals surface area contributed by atoms with Crippen molar-refractivity contribution in [1.82, 2.24) is 0 Å². The molecule has 0 radical (unpaired) electrons. The van der Waals surface area contributed by atoms with Crippen molar-refractivity contribution in [2.45, 2.75) is 77.9 Å². The number of hydrogen-bond acceptors (Lipinski definition) is 3. The van der Waals surface area contributed by atoms with Crippen LogP contribution < -0.4 is 0 Å². The van der Waals surface area contributed by atoms with Gasteiger partial charge in [0.2, 0.25) is 5.84 Å². The van der Waals surface area contributed by atoms with Gasteiger partial charge in [-0.2, -0.15) is 0 Å². The van der Waals surface area contributed by atoms with Gasteiger partial charge in [0, 0.05) is 12.8 Å². The number of aliphatic imine (C=N–C) groups is 1. The highest BCUT2D eigenvalue weighted by Gasteiger charge is 2.45. The van der Waals surface area contributed by atoms with Crippen LogP contribution in [0.2, 0.25) is 0 Å². The van der Waals surface area contributed by atoms with Crippen LogP contribution in [0.1, 0.15) is 71.6 Å². The van der Waals surface area contributed by atoms with E-state index in [4.69, 9.17) is 0 Å². The molecule has 128 valence electrons. The molecule has 1 rings (SSSR count). The van der Waals surface area contributed by atoms with Gasteiger partial charge in [0.1, 0.15) is 6.54 Å². The number of carbonyl (C=O) groups is 1. The first-order valence-corrected chi connectivity index (χ1v) is 8.87. The maximum absolute atomic E-state index is 11.3. The van der Waals surface area contributed by atoms with Crippen molar-refractivity contribution in [3.8, 4) is 0 Å². The maximum atomic E-state index is 11.3. The zero-order valence-corrected chi connectivity index (χ0v) is 14.3. The number of unbranched alkanes of at least 4 members (excludes halogenated alkanes) is 5. The molecule has 0 aromatic heterocycles. The van der Waals surface area contributed by atoms with Crippen molar-refractivity contribution in [3.63, 3.8) is 0 Å². The molecule has 5 nitrogen and oxygen atoms in total. The largest absolute Gasteiger partial charge is 0.477 e.